The molecule has 17 heteroatoms. The number of phenolic OH excluding ortho intramolecular Hbond substituents is 1. The van der Waals surface area contributed by atoms with E-state index >= 15 is 0 Å². The maximum Gasteiger partial charge on any atom is 0.326 e. The summed E-state index contributed by atoms with van der Waals surface area (Å²) in [6, 6.07) is 0.0339. The number of carbonyl (C=O) groups is 6. The summed E-state index contributed by atoms with van der Waals surface area (Å²) in [4.78, 5) is 76.5. The fourth-order valence-electron chi connectivity index (χ4n) is 3.49. The average Bonchev–Trinajstić information content (AvgIpc) is 2.88. The number of aliphatic imine (C=N–C) groups is 1. The molecule has 4 unspecified atom stereocenters. The predicted molar refractivity (Wildman–Crippen MR) is 144 cm³/mol. The standard InChI is InChI=1S/C24H36N8O9/c25-14(2-1-9-29-24(27)28)20(37)31-16(10-12-3-5-13(33)6-4-12)22(39)30-15(7-8-19(35)36)21(38)32-17(23(40)41)11-18(26)34/h3-6,14-17,33H,1-2,7-11,25H2,(H2,26,34)(H,30,39)(H,31,37)(H,32,38)(H,35,36)(H,40,41)(H4,27,28,29). The van der Waals surface area contributed by atoms with Crippen LogP contribution in [0.2, 0.25) is 0 Å². The van der Waals surface area contributed by atoms with E-state index < -0.39 is 79.0 Å². The fourth-order valence-corrected chi connectivity index (χ4v) is 3.49. The zero-order valence-corrected chi connectivity index (χ0v) is 22.1. The molecule has 0 spiro atoms. The van der Waals surface area contributed by atoms with Gasteiger partial charge < -0.3 is 54.2 Å². The normalized spacial score (nSPS) is 13.5. The second kappa shape index (κ2) is 16.9. The molecule has 0 heterocycles. The van der Waals surface area contributed by atoms with Crippen molar-refractivity contribution in [2.45, 2.75) is 62.7 Å². The van der Waals surface area contributed by atoms with Crippen molar-refractivity contribution in [1.29, 1.82) is 0 Å². The highest BCUT2D eigenvalue weighted by Crippen LogP contribution is 2.12. The van der Waals surface area contributed by atoms with Gasteiger partial charge >= 0.3 is 11.9 Å². The average molecular weight is 581 g/mol. The molecule has 0 saturated heterocycles. The molecule has 0 aliphatic heterocycles. The van der Waals surface area contributed by atoms with Crippen molar-refractivity contribution in [3.05, 3.63) is 29.8 Å². The number of amides is 4. The van der Waals surface area contributed by atoms with E-state index in [1.54, 1.807) is 0 Å². The van der Waals surface area contributed by atoms with Crippen LogP contribution in [0.3, 0.4) is 0 Å². The van der Waals surface area contributed by atoms with Gasteiger partial charge in [-0.25, -0.2) is 4.79 Å². The van der Waals surface area contributed by atoms with E-state index in [0.29, 0.717) is 12.0 Å². The molecular weight excluding hydrogens is 544 g/mol. The van der Waals surface area contributed by atoms with Gasteiger partial charge in [0.25, 0.3) is 0 Å². The third-order valence-electron chi connectivity index (χ3n) is 5.61. The number of hydrogen-bond donors (Lipinski definition) is 10. The lowest BCUT2D eigenvalue weighted by Crippen LogP contribution is -2.57. The van der Waals surface area contributed by atoms with Crippen LogP contribution in [0.1, 0.15) is 37.7 Å². The van der Waals surface area contributed by atoms with Crippen LogP contribution in [0.25, 0.3) is 0 Å². The van der Waals surface area contributed by atoms with E-state index in [1.807, 2.05) is 0 Å². The molecule has 0 saturated carbocycles. The summed E-state index contributed by atoms with van der Waals surface area (Å²) in [7, 11) is 0. The number of carboxylic acid groups (broad SMARTS) is 2. The highest BCUT2D eigenvalue weighted by Gasteiger charge is 2.31. The van der Waals surface area contributed by atoms with E-state index in [4.69, 9.17) is 28.0 Å². The van der Waals surface area contributed by atoms with E-state index in [2.05, 4.69) is 20.9 Å². The van der Waals surface area contributed by atoms with Crippen LogP contribution < -0.4 is 38.9 Å². The third kappa shape index (κ3) is 13.6. The van der Waals surface area contributed by atoms with Crippen molar-refractivity contribution >= 4 is 41.5 Å². The Morgan fingerprint density at radius 2 is 1.37 bits per heavy atom. The monoisotopic (exact) mass is 580 g/mol. The molecule has 17 nitrogen and oxygen atoms in total. The predicted octanol–water partition coefficient (Wildman–Crippen LogP) is -3.41. The fraction of sp³-hybridized carbons (Fsp3) is 0.458. The van der Waals surface area contributed by atoms with Crippen LogP contribution in [-0.4, -0.2) is 87.6 Å². The quantitative estimate of drug-likeness (QED) is 0.0461. The number of nitrogens with two attached hydrogens (primary N) is 4. The Hall–Kier alpha value is -4.93. The highest BCUT2D eigenvalue weighted by molar-refractivity contribution is 5.95. The van der Waals surface area contributed by atoms with Crippen LogP contribution in [0.15, 0.2) is 29.3 Å². The van der Waals surface area contributed by atoms with Crippen LogP contribution in [0, 0.1) is 0 Å². The Morgan fingerprint density at radius 1 is 0.805 bits per heavy atom. The molecule has 4 amide bonds. The number of hydrogen-bond acceptors (Lipinski definition) is 9. The maximum absolute atomic E-state index is 13.3. The number of primary amides is 1. The SMILES string of the molecule is NC(=O)CC(NC(=O)C(CCC(=O)O)NC(=O)C(Cc1ccc(O)cc1)NC(=O)C(N)CCCN=C(N)N)C(=O)O. The first-order valence-electron chi connectivity index (χ1n) is 12.4. The van der Waals surface area contributed by atoms with Crippen molar-refractivity contribution in [2.24, 2.45) is 27.9 Å². The number of guanidine groups is 1. The van der Waals surface area contributed by atoms with E-state index in [0.717, 1.165) is 0 Å². The summed E-state index contributed by atoms with van der Waals surface area (Å²) in [5.74, 6) is -6.78. The van der Waals surface area contributed by atoms with Gasteiger partial charge in [-0.2, -0.15) is 0 Å². The Bertz CT molecular complexity index is 1120. The van der Waals surface area contributed by atoms with Crippen LogP contribution >= 0.6 is 0 Å². The number of nitrogens with zero attached hydrogens (tertiary/aromatic N) is 1. The van der Waals surface area contributed by atoms with Gasteiger partial charge in [0, 0.05) is 19.4 Å². The van der Waals surface area contributed by atoms with E-state index in [-0.39, 0.29) is 31.1 Å². The molecule has 0 fully saturated rings. The van der Waals surface area contributed by atoms with Gasteiger partial charge in [-0.1, -0.05) is 12.1 Å². The molecule has 14 N–H and O–H groups in total. The van der Waals surface area contributed by atoms with Gasteiger partial charge in [-0.05, 0) is 37.0 Å². The zero-order valence-electron chi connectivity index (χ0n) is 22.1. The molecule has 0 bridgehead atoms. The largest absolute Gasteiger partial charge is 0.508 e. The minimum Gasteiger partial charge on any atom is -0.508 e. The second-order valence-electron chi connectivity index (χ2n) is 9.05. The maximum atomic E-state index is 13.3. The summed E-state index contributed by atoms with van der Waals surface area (Å²) < 4.78 is 0. The van der Waals surface area contributed by atoms with Gasteiger partial charge in [0.1, 0.15) is 23.9 Å². The Morgan fingerprint density at radius 3 is 1.90 bits per heavy atom. The number of phenols is 1. The first-order valence-corrected chi connectivity index (χ1v) is 12.4. The molecule has 1 aromatic rings. The van der Waals surface area contributed by atoms with Gasteiger partial charge in [-0.3, -0.25) is 29.0 Å². The molecular formula is C24H36N8O9. The summed E-state index contributed by atoms with van der Waals surface area (Å²) in [5.41, 5.74) is 22.0. The van der Waals surface area contributed by atoms with Crippen LogP contribution in [0.5, 0.6) is 5.75 Å². The molecule has 1 aromatic carbocycles. The van der Waals surface area contributed by atoms with Crippen molar-refractivity contribution in [2.75, 3.05) is 6.54 Å². The summed E-state index contributed by atoms with van der Waals surface area (Å²) in [6.07, 6.45) is -1.38. The molecule has 41 heavy (non-hydrogen) atoms. The number of carbonyl (C=O) groups excluding carboxylic acids is 4. The smallest absolute Gasteiger partial charge is 0.326 e. The molecule has 0 aliphatic rings. The van der Waals surface area contributed by atoms with E-state index in [9.17, 15) is 39.0 Å². The molecule has 1 rings (SSSR count). The number of nitrogens with one attached hydrogen (secondary N) is 3. The summed E-state index contributed by atoms with van der Waals surface area (Å²) in [6.45, 7) is 0.216. The zero-order chi connectivity index (χ0) is 31.1. The number of rotatable bonds is 18. The summed E-state index contributed by atoms with van der Waals surface area (Å²) in [5, 5.41) is 34.8. The topological polar surface area (TPSA) is 316 Å². The molecule has 226 valence electrons. The summed E-state index contributed by atoms with van der Waals surface area (Å²) >= 11 is 0. The lowest BCUT2D eigenvalue weighted by atomic mass is 10.0. The van der Waals surface area contributed by atoms with Gasteiger partial charge in [-0.15, -0.1) is 0 Å². The van der Waals surface area contributed by atoms with Crippen LogP contribution in [0.4, 0.5) is 0 Å². The molecule has 0 aliphatic carbocycles. The van der Waals surface area contributed by atoms with Crippen molar-refractivity contribution < 1.29 is 44.1 Å². The van der Waals surface area contributed by atoms with Crippen molar-refractivity contribution in [1.82, 2.24) is 16.0 Å². The number of carboxylic acids is 2. The van der Waals surface area contributed by atoms with Crippen LogP contribution in [-0.2, 0) is 35.2 Å². The second-order valence-corrected chi connectivity index (χ2v) is 9.05. The first-order chi connectivity index (χ1) is 19.2. The molecule has 4 atom stereocenters. The number of benzene rings is 1. The minimum atomic E-state index is -1.73. The number of aliphatic carboxylic acids is 2. The van der Waals surface area contributed by atoms with Crippen molar-refractivity contribution in [3.8, 4) is 5.75 Å². The lowest BCUT2D eigenvalue weighted by molar-refractivity contribution is -0.144. The lowest BCUT2D eigenvalue weighted by Gasteiger charge is -2.25. The van der Waals surface area contributed by atoms with Gasteiger partial charge in [0.2, 0.25) is 23.6 Å². The minimum absolute atomic E-state index is 0.0454. The van der Waals surface area contributed by atoms with Gasteiger partial charge in [0.05, 0.1) is 12.5 Å². The van der Waals surface area contributed by atoms with E-state index in [1.165, 1.54) is 24.3 Å². The Kier molecular flexibility index (Phi) is 14.1. The van der Waals surface area contributed by atoms with Crippen molar-refractivity contribution in [3.63, 3.8) is 0 Å². The number of aromatic hydroxyl groups is 1. The molecule has 0 aromatic heterocycles. The highest BCUT2D eigenvalue weighted by atomic mass is 16.4. The molecule has 0 radical (unpaired) electrons. The Balaban J connectivity index is 3.14. The van der Waals surface area contributed by atoms with Gasteiger partial charge in [0.15, 0.2) is 5.96 Å². The first kappa shape index (κ1) is 34.1. The Labute approximate surface area is 234 Å². The third-order valence-corrected chi connectivity index (χ3v) is 5.61.